The lowest BCUT2D eigenvalue weighted by Crippen LogP contribution is -2.35. The zero-order valence-electron chi connectivity index (χ0n) is 17.8. The summed E-state index contributed by atoms with van der Waals surface area (Å²) in [6.45, 7) is 1.93. The summed E-state index contributed by atoms with van der Waals surface area (Å²) in [6, 6.07) is -0.922. The van der Waals surface area contributed by atoms with Crippen LogP contribution in [0.1, 0.15) is 48.4 Å². The van der Waals surface area contributed by atoms with E-state index < -0.39 is 21.9 Å². The standard InChI is InChI=1S/C21H26FN5O4S/c1-12(28)26-32(30,17(11-23)20-24-9-4-10-31-20)27-21(29)25-19-15-7-2-5-13(15)18(22)14-6-3-8-16(14)19/h11H,2-10,23H2,1H3,(H2,25,26,27,28,29,30). The highest BCUT2D eigenvalue weighted by Gasteiger charge is 2.31. The van der Waals surface area contributed by atoms with Gasteiger partial charge in [0.1, 0.15) is 10.7 Å². The van der Waals surface area contributed by atoms with E-state index in [0.717, 1.165) is 37.1 Å². The number of nitrogens with two attached hydrogens (primary N) is 1. The van der Waals surface area contributed by atoms with E-state index in [2.05, 4.69) is 19.4 Å². The summed E-state index contributed by atoms with van der Waals surface area (Å²) in [7, 11) is -3.81. The van der Waals surface area contributed by atoms with E-state index >= 15 is 0 Å². The van der Waals surface area contributed by atoms with Crippen LogP contribution in [-0.4, -0.2) is 35.2 Å². The second kappa shape index (κ2) is 8.89. The zero-order valence-corrected chi connectivity index (χ0v) is 18.6. The second-order valence-electron chi connectivity index (χ2n) is 7.94. The molecule has 172 valence electrons. The van der Waals surface area contributed by atoms with Gasteiger partial charge >= 0.3 is 6.03 Å². The largest absolute Gasteiger partial charge is 0.477 e. The van der Waals surface area contributed by atoms with Gasteiger partial charge in [-0.25, -0.2) is 13.4 Å². The maximum Gasteiger partial charge on any atom is 0.355 e. The predicted molar refractivity (Wildman–Crippen MR) is 119 cm³/mol. The van der Waals surface area contributed by atoms with Gasteiger partial charge < -0.3 is 15.8 Å². The molecule has 0 spiro atoms. The first-order chi connectivity index (χ1) is 15.3. The van der Waals surface area contributed by atoms with Gasteiger partial charge in [-0.15, -0.1) is 4.36 Å². The molecule has 3 amide bonds. The quantitative estimate of drug-likeness (QED) is 0.630. The van der Waals surface area contributed by atoms with Crippen molar-refractivity contribution in [3.63, 3.8) is 0 Å². The van der Waals surface area contributed by atoms with Crippen LogP contribution in [0.15, 0.2) is 20.5 Å². The van der Waals surface area contributed by atoms with Gasteiger partial charge in [-0.3, -0.25) is 14.5 Å². The molecule has 3 aliphatic rings. The van der Waals surface area contributed by atoms with Crippen LogP contribution >= 0.6 is 0 Å². The maximum absolute atomic E-state index is 14.9. The predicted octanol–water partition coefficient (Wildman–Crippen LogP) is 2.47. The van der Waals surface area contributed by atoms with Gasteiger partial charge in [0.15, 0.2) is 9.92 Å². The first-order valence-electron chi connectivity index (χ1n) is 10.6. The van der Waals surface area contributed by atoms with Crippen LogP contribution in [0.5, 0.6) is 0 Å². The number of anilines is 1. The second-order valence-corrected chi connectivity index (χ2v) is 9.81. The number of nitrogens with one attached hydrogen (secondary N) is 2. The molecule has 32 heavy (non-hydrogen) atoms. The van der Waals surface area contributed by atoms with E-state index in [9.17, 15) is 18.2 Å². The van der Waals surface area contributed by atoms with Crippen LogP contribution < -0.4 is 15.8 Å². The van der Waals surface area contributed by atoms with E-state index in [0.29, 0.717) is 62.1 Å². The summed E-state index contributed by atoms with van der Waals surface area (Å²) < 4.78 is 40.0. The minimum absolute atomic E-state index is 0.0161. The van der Waals surface area contributed by atoms with Crippen molar-refractivity contribution in [3.05, 3.63) is 39.2 Å². The molecule has 2 aliphatic carbocycles. The zero-order chi connectivity index (χ0) is 22.9. The van der Waals surface area contributed by atoms with E-state index in [-0.39, 0.29) is 16.6 Å². The summed E-state index contributed by atoms with van der Waals surface area (Å²) in [5.41, 5.74) is 9.03. The van der Waals surface area contributed by atoms with Gasteiger partial charge in [-0.2, -0.15) is 0 Å². The van der Waals surface area contributed by atoms with Crippen molar-refractivity contribution in [1.29, 1.82) is 0 Å². The molecule has 11 heteroatoms. The van der Waals surface area contributed by atoms with Gasteiger partial charge in [0.05, 0.1) is 6.61 Å². The van der Waals surface area contributed by atoms with Gasteiger partial charge in [0.2, 0.25) is 11.8 Å². The fourth-order valence-electron chi connectivity index (χ4n) is 4.50. The van der Waals surface area contributed by atoms with Crippen LogP contribution in [0.3, 0.4) is 0 Å². The highest BCUT2D eigenvalue weighted by atomic mass is 32.2. The number of hydrogen-bond donors (Lipinski definition) is 3. The van der Waals surface area contributed by atoms with Crippen molar-refractivity contribution < 1.29 is 22.9 Å². The molecular formula is C21H26FN5O4S. The Bertz CT molecular complexity index is 1130. The number of benzene rings is 1. The average molecular weight is 464 g/mol. The normalized spacial score (nSPS) is 19.2. The number of halogens is 1. The molecule has 1 aliphatic heterocycles. The molecule has 0 saturated heterocycles. The number of hydrogen-bond acceptors (Lipinski definition) is 6. The number of carbonyl (C=O) groups is 2. The maximum atomic E-state index is 14.9. The number of ether oxygens (including phenoxy) is 1. The van der Waals surface area contributed by atoms with Crippen molar-refractivity contribution in [1.82, 2.24) is 4.72 Å². The van der Waals surface area contributed by atoms with Crippen LogP contribution in [0.2, 0.25) is 0 Å². The molecule has 1 aromatic carbocycles. The first-order valence-corrected chi connectivity index (χ1v) is 12.2. The third kappa shape index (κ3) is 4.08. The third-order valence-electron chi connectivity index (χ3n) is 5.75. The topological polar surface area (TPSA) is 135 Å². The smallest absolute Gasteiger partial charge is 0.355 e. The molecule has 1 unspecified atom stereocenters. The first kappa shape index (κ1) is 22.3. The fraction of sp³-hybridized carbons (Fsp3) is 0.476. The Kier molecular flexibility index (Phi) is 6.18. The number of carbonyl (C=O) groups excluding carboxylic acids is 2. The molecule has 1 aromatic rings. The molecule has 0 bridgehead atoms. The van der Waals surface area contributed by atoms with E-state index in [4.69, 9.17) is 10.5 Å². The molecular weight excluding hydrogens is 437 g/mol. The van der Waals surface area contributed by atoms with Gasteiger partial charge in [-0.1, -0.05) is 0 Å². The molecule has 4 N–H and O–H groups in total. The SMILES string of the molecule is CC(=O)NS(=O)(=NC(=O)Nc1c2c(c(F)c3c1CCC3)CCC2)C(=CN)C1=NCCCO1. The Balaban J connectivity index is 1.74. The Morgan fingerprint density at radius 3 is 2.28 bits per heavy atom. The lowest BCUT2D eigenvalue weighted by Gasteiger charge is -2.19. The van der Waals surface area contributed by atoms with E-state index in [1.54, 1.807) is 0 Å². The molecule has 0 radical (unpaired) electrons. The minimum atomic E-state index is -3.81. The van der Waals surface area contributed by atoms with Crippen molar-refractivity contribution in [2.45, 2.75) is 51.9 Å². The number of nitrogens with zero attached hydrogens (tertiary/aromatic N) is 2. The molecule has 4 rings (SSSR count). The summed E-state index contributed by atoms with van der Waals surface area (Å²) in [6.07, 6.45) is 5.80. The summed E-state index contributed by atoms with van der Waals surface area (Å²) >= 11 is 0. The van der Waals surface area contributed by atoms with Gasteiger partial charge in [-0.05, 0) is 60.8 Å². The molecule has 0 aromatic heterocycles. The monoisotopic (exact) mass is 463 g/mol. The minimum Gasteiger partial charge on any atom is -0.477 e. The van der Waals surface area contributed by atoms with Gasteiger partial charge in [0, 0.05) is 31.8 Å². The highest BCUT2D eigenvalue weighted by molar-refractivity contribution is 7.97. The number of amides is 3. The lowest BCUT2D eigenvalue weighted by atomic mass is 9.98. The molecule has 0 saturated carbocycles. The number of rotatable bonds is 4. The number of urea groups is 1. The van der Waals surface area contributed by atoms with Gasteiger partial charge in [0.25, 0.3) is 0 Å². The van der Waals surface area contributed by atoms with E-state index in [1.165, 1.54) is 0 Å². The molecule has 0 fully saturated rings. The van der Waals surface area contributed by atoms with Crippen molar-refractivity contribution in [2.24, 2.45) is 15.1 Å². The molecule has 9 nitrogen and oxygen atoms in total. The van der Waals surface area contributed by atoms with Crippen LogP contribution in [0.4, 0.5) is 14.9 Å². The van der Waals surface area contributed by atoms with Crippen LogP contribution in [-0.2, 0) is 45.1 Å². The van der Waals surface area contributed by atoms with Crippen molar-refractivity contribution in [3.8, 4) is 0 Å². The summed E-state index contributed by atoms with van der Waals surface area (Å²) in [4.78, 5) is 28.7. The third-order valence-corrected chi connectivity index (χ3v) is 7.65. The molecule has 1 atom stereocenters. The Labute approximate surface area is 186 Å². The Hall–Kier alpha value is -2.95. The van der Waals surface area contributed by atoms with E-state index in [1.807, 2.05) is 0 Å². The lowest BCUT2D eigenvalue weighted by molar-refractivity contribution is -0.117. The summed E-state index contributed by atoms with van der Waals surface area (Å²) in [5, 5.41) is 2.73. The van der Waals surface area contributed by atoms with Crippen molar-refractivity contribution in [2.75, 3.05) is 18.5 Å². The Morgan fingerprint density at radius 1 is 1.12 bits per heavy atom. The summed E-state index contributed by atoms with van der Waals surface area (Å²) in [5.74, 6) is -0.841. The number of fused-ring (bicyclic) bond motifs is 2. The Morgan fingerprint density at radius 2 is 1.75 bits per heavy atom. The average Bonchev–Trinajstić information content (AvgIpc) is 3.42. The van der Waals surface area contributed by atoms with Crippen LogP contribution in [0.25, 0.3) is 0 Å². The highest BCUT2D eigenvalue weighted by Crippen LogP contribution is 2.41. The fourth-order valence-corrected chi connectivity index (χ4v) is 5.97. The molecule has 1 heterocycles. The van der Waals surface area contributed by atoms with Crippen LogP contribution in [0, 0.1) is 5.82 Å². The number of aliphatic imine (C=N–C) groups is 1. The van der Waals surface area contributed by atoms with Crippen molar-refractivity contribution >= 4 is 33.4 Å².